The summed E-state index contributed by atoms with van der Waals surface area (Å²) in [4.78, 5) is 0. The molecule has 1 aromatic carbocycles. The van der Waals surface area contributed by atoms with Crippen LogP contribution in [0.4, 0.5) is 0 Å². The summed E-state index contributed by atoms with van der Waals surface area (Å²) in [5.41, 5.74) is 2.25. The van der Waals surface area contributed by atoms with Gasteiger partial charge in [0.05, 0.1) is 6.61 Å². The molecular formula is C14H23NO. The van der Waals surface area contributed by atoms with E-state index >= 15 is 0 Å². The van der Waals surface area contributed by atoms with Gasteiger partial charge in [-0.05, 0) is 36.4 Å². The zero-order valence-corrected chi connectivity index (χ0v) is 10.4. The van der Waals surface area contributed by atoms with Gasteiger partial charge in [-0.25, -0.2) is 0 Å². The highest BCUT2D eigenvalue weighted by molar-refractivity contribution is 5.21. The van der Waals surface area contributed by atoms with Gasteiger partial charge < -0.3 is 10.4 Å². The van der Waals surface area contributed by atoms with Gasteiger partial charge in [0.25, 0.3) is 0 Å². The molecule has 90 valence electrons. The molecule has 0 bridgehead atoms. The maximum absolute atomic E-state index is 8.91. The molecule has 1 rings (SSSR count). The summed E-state index contributed by atoms with van der Waals surface area (Å²) < 4.78 is 0. The van der Waals surface area contributed by atoms with Crippen LogP contribution in [-0.2, 0) is 13.2 Å². The van der Waals surface area contributed by atoms with Crippen molar-refractivity contribution in [2.45, 2.75) is 39.8 Å². The van der Waals surface area contributed by atoms with Gasteiger partial charge in [-0.1, -0.05) is 38.1 Å². The average Bonchev–Trinajstić information content (AvgIpc) is 2.29. The van der Waals surface area contributed by atoms with Gasteiger partial charge >= 0.3 is 0 Å². The van der Waals surface area contributed by atoms with Crippen LogP contribution in [-0.4, -0.2) is 11.7 Å². The first kappa shape index (κ1) is 13.2. The van der Waals surface area contributed by atoms with Crippen LogP contribution in [0.5, 0.6) is 0 Å². The number of nitrogens with one attached hydrogen (secondary N) is 1. The van der Waals surface area contributed by atoms with E-state index in [2.05, 4.69) is 31.3 Å². The first-order valence-corrected chi connectivity index (χ1v) is 6.11. The Kier molecular flexibility index (Phi) is 6.12. The third kappa shape index (κ3) is 5.29. The van der Waals surface area contributed by atoms with Gasteiger partial charge in [-0.2, -0.15) is 0 Å². The Bertz CT molecular complexity index is 279. The van der Waals surface area contributed by atoms with Crippen molar-refractivity contribution in [1.82, 2.24) is 5.32 Å². The Morgan fingerprint density at radius 1 is 1.12 bits per heavy atom. The average molecular weight is 221 g/mol. The molecule has 0 saturated carbocycles. The molecule has 0 aromatic heterocycles. The third-order valence-electron chi connectivity index (χ3n) is 2.67. The molecule has 1 aromatic rings. The standard InChI is InChI=1S/C14H23NO/c1-12(2)4-3-9-15-10-13-5-7-14(11-16)8-6-13/h5-8,12,15-16H,3-4,9-11H2,1-2H3. The molecule has 0 saturated heterocycles. The highest BCUT2D eigenvalue weighted by Gasteiger charge is 1.95. The van der Waals surface area contributed by atoms with Crippen molar-refractivity contribution in [1.29, 1.82) is 0 Å². The van der Waals surface area contributed by atoms with Crippen LogP contribution < -0.4 is 5.32 Å². The topological polar surface area (TPSA) is 32.3 Å². The van der Waals surface area contributed by atoms with Gasteiger partial charge in [-0.3, -0.25) is 0 Å². The van der Waals surface area contributed by atoms with E-state index in [0.29, 0.717) is 0 Å². The summed E-state index contributed by atoms with van der Waals surface area (Å²) in [7, 11) is 0. The van der Waals surface area contributed by atoms with E-state index in [1.165, 1.54) is 18.4 Å². The van der Waals surface area contributed by atoms with Crippen LogP contribution in [0.3, 0.4) is 0 Å². The molecule has 0 atom stereocenters. The Morgan fingerprint density at radius 2 is 1.75 bits per heavy atom. The van der Waals surface area contributed by atoms with Gasteiger partial charge in [0.2, 0.25) is 0 Å². The Balaban J connectivity index is 2.16. The normalized spacial score (nSPS) is 11.0. The second-order valence-electron chi connectivity index (χ2n) is 4.69. The van der Waals surface area contributed by atoms with E-state index in [0.717, 1.165) is 24.6 Å². The molecular weight excluding hydrogens is 198 g/mol. The van der Waals surface area contributed by atoms with Crippen LogP contribution >= 0.6 is 0 Å². The van der Waals surface area contributed by atoms with Gasteiger partial charge in [0.15, 0.2) is 0 Å². The highest BCUT2D eigenvalue weighted by Crippen LogP contribution is 2.05. The lowest BCUT2D eigenvalue weighted by molar-refractivity contribution is 0.282. The van der Waals surface area contributed by atoms with E-state index < -0.39 is 0 Å². The van der Waals surface area contributed by atoms with Crippen molar-refractivity contribution in [3.05, 3.63) is 35.4 Å². The fraction of sp³-hybridized carbons (Fsp3) is 0.571. The van der Waals surface area contributed by atoms with Crippen molar-refractivity contribution in [2.24, 2.45) is 5.92 Å². The Hall–Kier alpha value is -0.860. The molecule has 0 aliphatic rings. The van der Waals surface area contributed by atoms with Crippen molar-refractivity contribution >= 4 is 0 Å². The quantitative estimate of drug-likeness (QED) is 0.694. The molecule has 0 aliphatic heterocycles. The van der Waals surface area contributed by atoms with Crippen LogP contribution in [0, 0.1) is 5.92 Å². The third-order valence-corrected chi connectivity index (χ3v) is 2.67. The fourth-order valence-corrected chi connectivity index (χ4v) is 1.63. The minimum absolute atomic E-state index is 0.127. The van der Waals surface area contributed by atoms with Crippen molar-refractivity contribution in [3.8, 4) is 0 Å². The number of benzene rings is 1. The summed E-state index contributed by atoms with van der Waals surface area (Å²) in [6.07, 6.45) is 2.53. The molecule has 0 aliphatic carbocycles. The largest absolute Gasteiger partial charge is 0.392 e. The minimum atomic E-state index is 0.127. The van der Waals surface area contributed by atoms with E-state index in [-0.39, 0.29) is 6.61 Å². The highest BCUT2D eigenvalue weighted by atomic mass is 16.3. The number of hydrogen-bond donors (Lipinski definition) is 2. The maximum atomic E-state index is 8.91. The molecule has 16 heavy (non-hydrogen) atoms. The van der Waals surface area contributed by atoms with Crippen LogP contribution in [0.15, 0.2) is 24.3 Å². The summed E-state index contributed by atoms with van der Waals surface area (Å²) in [6, 6.07) is 8.10. The molecule has 0 fully saturated rings. The number of hydrogen-bond acceptors (Lipinski definition) is 2. The predicted octanol–water partition coefficient (Wildman–Crippen LogP) is 2.70. The lowest BCUT2D eigenvalue weighted by Gasteiger charge is -2.07. The second kappa shape index (κ2) is 7.42. The van der Waals surface area contributed by atoms with Gasteiger partial charge in [0.1, 0.15) is 0 Å². The van der Waals surface area contributed by atoms with E-state index in [1.54, 1.807) is 0 Å². The molecule has 0 heterocycles. The lowest BCUT2D eigenvalue weighted by atomic mass is 10.1. The number of aliphatic hydroxyl groups is 1. The lowest BCUT2D eigenvalue weighted by Crippen LogP contribution is -2.15. The van der Waals surface area contributed by atoms with Crippen molar-refractivity contribution in [3.63, 3.8) is 0 Å². The zero-order valence-electron chi connectivity index (χ0n) is 10.4. The van der Waals surface area contributed by atoms with Gasteiger partial charge in [0, 0.05) is 6.54 Å². The van der Waals surface area contributed by atoms with Crippen molar-refractivity contribution < 1.29 is 5.11 Å². The first-order chi connectivity index (χ1) is 7.72. The van der Waals surface area contributed by atoms with Crippen molar-refractivity contribution in [2.75, 3.05) is 6.54 Å². The summed E-state index contributed by atoms with van der Waals surface area (Å²) >= 11 is 0. The molecule has 2 nitrogen and oxygen atoms in total. The molecule has 0 unspecified atom stereocenters. The zero-order chi connectivity index (χ0) is 11.8. The fourth-order valence-electron chi connectivity index (χ4n) is 1.63. The van der Waals surface area contributed by atoms with E-state index in [1.807, 2.05) is 12.1 Å². The Labute approximate surface area is 98.7 Å². The predicted molar refractivity (Wildman–Crippen MR) is 68.1 cm³/mol. The van der Waals surface area contributed by atoms with Crippen LogP contribution in [0.1, 0.15) is 37.8 Å². The summed E-state index contributed by atoms with van der Waals surface area (Å²) in [5.74, 6) is 0.797. The van der Waals surface area contributed by atoms with Crippen LogP contribution in [0.2, 0.25) is 0 Å². The minimum Gasteiger partial charge on any atom is -0.392 e. The monoisotopic (exact) mass is 221 g/mol. The maximum Gasteiger partial charge on any atom is 0.0681 e. The number of rotatable bonds is 7. The molecule has 0 radical (unpaired) electrons. The molecule has 0 amide bonds. The first-order valence-electron chi connectivity index (χ1n) is 6.11. The second-order valence-corrected chi connectivity index (χ2v) is 4.69. The number of aliphatic hydroxyl groups excluding tert-OH is 1. The van der Waals surface area contributed by atoms with E-state index in [4.69, 9.17) is 5.11 Å². The molecule has 2 heteroatoms. The van der Waals surface area contributed by atoms with Gasteiger partial charge in [-0.15, -0.1) is 0 Å². The summed E-state index contributed by atoms with van der Waals surface area (Å²) in [5, 5.41) is 12.3. The summed E-state index contributed by atoms with van der Waals surface area (Å²) in [6.45, 7) is 6.65. The Morgan fingerprint density at radius 3 is 2.31 bits per heavy atom. The molecule has 0 spiro atoms. The smallest absolute Gasteiger partial charge is 0.0681 e. The SMILES string of the molecule is CC(C)CCCNCc1ccc(CO)cc1. The molecule has 2 N–H and O–H groups in total. The van der Waals surface area contributed by atoms with Crippen LogP contribution in [0.25, 0.3) is 0 Å². The van der Waals surface area contributed by atoms with E-state index in [9.17, 15) is 0 Å².